The van der Waals surface area contributed by atoms with Crippen LogP contribution in [0.2, 0.25) is 0 Å². The van der Waals surface area contributed by atoms with Crippen LogP contribution in [-0.2, 0) is 16.1 Å². The largest absolute Gasteiger partial charge is 0.375 e. The Hall–Kier alpha value is -2.54. The number of amides is 1. The van der Waals surface area contributed by atoms with Crippen molar-refractivity contribution in [3.63, 3.8) is 0 Å². The number of aryl methyl sites for hydroxylation is 1. The van der Waals surface area contributed by atoms with Crippen LogP contribution in [0.3, 0.4) is 0 Å². The molecule has 1 heterocycles. The van der Waals surface area contributed by atoms with Crippen LogP contribution in [0.5, 0.6) is 0 Å². The first-order chi connectivity index (χ1) is 11.6. The van der Waals surface area contributed by atoms with Crippen molar-refractivity contribution in [2.45, 2.75) is 39.8 Å². The van der Waals surface area contributed by atoms with E-state index >= 15 is 0 Å². The first-order valence-corrected chi connectivity index (χ1v) is 7.95. The number of anilines is 2. The average molecular weight is 329 g/mol. The smallest absolute Gasteiger partial charge is 0.234 e. The Balaban J connectivity index is 1.92. The number of aromatic nitrogens is 3. The quantitative estimate of drug-likeness (QED) is 0.773. The van der Waals surface area contributed by atoms with Crippen molar-refractivity contribution < 1.29 is 9.53 Å². The highest BCUT2D eigenvalue weighted by Gasteiger charge is 2.11. The molecule has 1 unspecified atom stereocenters. The van der Waals surface area contributed by atoms with Crippen molar-refractivity contribution in [3.8, 4) is 0 Å². The van der Waals surface area contributed by atoms with Gasteiger partial charge in [-0.1, -0.05) is 37.3 Å². The van der Waals surface area contributed by atoms with Crippen molar-refractivity contribution in [2.75, 3.05) is 17.2 Å². The Morgan fingerprint density at radius 1 is 1.17 bits per heavy atom. The standard InChI is InChI=1S/C17H23N5O2/c1-4-15(11-24-10-14-8-6-5-7-9-14)21-17-19-12(2)18-16(22-17)20-13(3)23/h5-9,15H,4,10-11H2,1-3H3,(H2,18,19,20,21,22,23). The highest BCUT2D eigenvalue weighted by molar-refractivity contribution is 5.86. The van der Waals surface area contributed by atoms with Crippen LogP contribution in [0.15, 0.2) is 30.3 Å². The Kier molecular flexibility index (Phi) is 6.62. The summed E-state index contributed by atoms with van der Waals surface area (Å²) in [5.74, 6) is 1.00. The van der Waals surface area contributed by atoms with Gasteiger partial charge in [-0.05, 0) is 18.9 Å². The number of rotatable bonds is 8. The number of hydrogen-bond donors (Lipinski definition) is 2. The number of nitrogens with zero attached hydrogens (tertiary/aromatic N) is 3. The third kappa shape index (κ3) is 5.92. The summed E-state index contributed by atoms with van der Waals surface area (Å²) < 4.78 is 5.77. The molecule has 0 aliphatic rings. The molecule has 0 aliphatic heterocycles. The molecule has 24 heavy (non-hydrogen) atoms. The minimum Gasteiger partial charge on any atom is -0.375 e. The van der Waals surface area contributed by atoms with Gasteiger partial charge >= 0.3 is 0 Å². The number of benzene rings is 1. The fourth-order valence-corrected chi connectivity index (χ4v) is 2.10. The zero-order valence-electron chi connectivity index (χ0n) is 14.2. The van der Waals surface area contributed by atoms with Crippen molar-refractivity contribution >= 4 is 17.8 Å². The molecule has 1 atom stereocenters. The van der Waals surface area contributed by atoms with Gasteiger partial charge in [-0.15, -0.1) is 0 Å². The maximum atomic E-state index is 11.1. The molecule has 1 aromatic heterocycles. The molecule has 7 nitrogen and oxygen atoms in total. The van der Waals surface area contributed by atoms with E-state index in [1.165, 1.54) is 6.92 Å². The van der Waals surface area contributed by atoms with Crippen molar-refractivity contribution in [3.05, 3.63) is 41.7 Å². The predicted molar refractivity (Wildman–Crippen MR) is 92.7 cm³/mol. The minimum absolute atomic E-state index is 0.0701. The zero-order valence-corrected chi connectivity index (χ0v) is 14.2. The normalized spacial score (nSPS) is 11.8. The monoisotopic (exact) mass is 329 g/mol. The molecule has 0 spiro atoms. The molecule has 1 aromatic carbocycles. The van der Waals surface area contributed by atoms with Crippen LogP contribution >= 0.6 is 0 Å². The molecule has 2 rings (SSSR count). The molecule has 0 saturated heterocycles. The number of carbonyl (C=O) groups is 1. The Labute approximate surface area is 141 Å². The van der Waals surface area contributed by atoms with E-state index in [0.717, 1.165) is 12.0 Å². The summed E-state index contributed by atoms with van der Waals surface area (Å²) in [6, 6.07) is 10.1. The third-order valence-corrected chi connectivity index (χ3v) is 3.29. The summed E-state index contributed by atoms with van der Waals surface area (Å²) in [5, 5.41) is 5.80. The number of nitrogens with one attached hydrogen (secondary N) is 2. The fraction of sp³-hybridized carbons (Fsp3) is 0.412. The minimum atomic E-state index is -0.218. The lowest BCUT2D eigenvalue weighted by atomic mass is 10.2. The lowest BCUT2D eigenvalue weighted by Gasteiger charge is -2.17. The van der Waals surface area contributed by atoms with Gasteiger partial charge < -0.3 is 10.1 Å². The molecule has 128 valence electrons. The van der Waals surface area contributed by atoms with Gasteiger partial charge in [0.2, 0.25) is 17.8 Å². The third-order valence-electron chi connectivity index (χ3n) is 3.29. The van der Waals surface area contributed by atoms with Gasteiger partial charge in [0.25, 0.3) is 0 Å². The van der Waals surface area contributed by atoms with E-state index in [4.69, 9.17) is 4.74 Å². The van der Waals surface area contributed by atoms with E-state index in [9.17, 15) is 4.79 Å². The van der Waals surface area contributed by atoms with Crippen molar-refractivity contribution in [1.29, 1.82) is 0 Å². The maximum Gasteiger partial charge on any atom is 0.234 e. The summed E-state index contributed by atoms with van der Waals surface area (Å²) >= 11 is 0. The second-order valence-corrected chi connectivity index (χ2v) is 5.46. The van der Waals surface area contributed by atoms with Crippen molar-refractivity contribution in [2.24, 2.45) is 0 Å². The topological polar surface area (TPSA) is 89.0 Å². The van der Waals surface area contributed by atoms with Crippen LogP contribution in [0.1, 0.15) is 31.7 Å². The van der Waals surface area contributed by atoms with E-state index in [0.29, 0.717) is 25.0 Å². The van der Waals surface area contributed by atoms with Crippen LogP contribution in [0, 0.1) is 6.92 Å². The highest BCUT2D eigenvalue weighted by Crippen LogP contribution is 2.09. The second kappa shape index (κ2) is 8.93. The lowest BCUT2D eigenvalue weighted by molar-refractivity contribution is -0.114. The number of carbonyl (C=O) groups excluding carboxylic acids is 1. The van der Waals surface area contributed by atoms with E-state index < -0.39 is 0 Å². The summed E-state index contributed by atoms with van der Waals surface area (Å²) in [7, 11) is 0. The molecular weight excluding hydrogens is 306 g/mol. The Bertz CT molecular complexity index is 663. The van der Waals surface area contributed by atoms with E-state index in [1.54, 1.807) is 6.92 Å². The van der Waals surface area contributed by atoms with Gasteiger partial charge in [0.05, 0.1) is 19.3 Å². The van der Waals surface area contributed by atoms with Gasteiger partial charge in [-0.3, -0.25) is 10.1 Å². The Morgan fingerprint density at radius 3 is 2.54 bits per heavy atom. The van der Waals surface area contributed by atoms with E-state index in [-0.39, 0.29) is 17.9 Å². The van der Waals surface area contributed by atoms with Gasteiger partial charge in [-0.25, -0.2) is 0 Å². The second-order valence-electron chi connectivity index (χ2n) is 5.46. The molecule has 2 N–H and O–H groups in total. The SMILES string of the molecule is CCC(COCc1ccccc1)Nc1nc(C)nc(NC(C)=O)n1. The van der Waals surface area contributed by atoms with Crippen LogP contribution in [0.4, 0.5) is 11.9 Å². The molecule has 7 heteroatoms. The van der Waals surface area contributed by atoms with Gasteiger partial charge in [0.1, 0.15) is 5.82 Å². The summed E-state index contributed by atoms with van der Waals surface area (Å²) in [5.41, 5.74) is 1.14. The zero-order chi connectivity index (χ0) is 17.4. The van der Waals surface area contributed by atoms with E-state index in [2.05, 4.69) is 32.5 Å². The summed E-state index contributed by atoms with van der Waals surface area (Å²) in [4.78, 5) is 23.7. The number of hydrogen-bond acceptors (Lipinski definition) is 6. The summed E-state index contributed by atoms with van der Waals surface area (Å²) in [6.07, 6.45) is 0.856. The molecule has 0 saturated carbocycles. The van der Waals surface area contributed by atoms with Crippen LogP contribution in [0.25, 0.3) is 0 Å². The molecule has 1 amide bonds. The first-order valence-electron chi connectivity index (χ1n) is 7.95. The van der Waals surface area contributed by atoms with Gasteiger partial charge in [0.15, 0.2) is 0 Å². The molecular formula is C17H23N5O2. The van der Waals surface area contributed by atoms with Gasteiger partial charge in [0, 0.05) is 6.92 Å². The number of ether oxygens (including phenoxy) is 1. The van der Waals surface area contributed by atoms with Gasteiger partial charge in [-0.2, -0.15) is 15.0 Å². The fourth-order valence-electron chi connectivity index (χ4n) is 2.10. The molecule has 0 bridgehead atoms. The maximum absolute atomic E-state index is 11.1. The molecule has 0 radical (unpaired) electrons. The lowest BCUT2D eigenvalue weighted by Crippen LogP contribution is -2.26. The first kappa shape index (κ1) is 17.8. The average Bonchev–Trinajstić information content (AvgIpc) is 2.53. The molecule has 0 fully saturated rings. The van der Waals surface area contributed by atoms with Crippen LogP contribution < -0.4 is 10.6 Å². The highest BCUT2D eigenvalue weighted by atomic mass is 16.5. The van der Waals surface area contributed by atoms with Crippen LogP contribution in [-0.4, -0.2) is 33.5 Å². The Morgan fingerprint density at radius 2 is 1.88 bits per heavy atom. The van der Waals surface area contributed by atoms with E-state index in [1.807, 2.05) is 30.3 Å². The molecule has 0 aliphatic carbocycles. The summed E-state index contributed by atoms with van der Waals surface area (Å²) in [6.45, 7) is 6.33. The van der Waals surface area contributed by atoms with Crippen molar-refractivity contribution in [1.82, 2.24) is 15.0 Å². The molecule has 2 aromatic rings. The predicted octanol–water partition coefficient (Wildman–Crippen LogP) is 2.55.